The highest BCUT2D eigenvalue weighted by Gasteiger charge is 2.33. The molecule has 12 heterocycles. The summed E-state index contributed by atoms with van der Waals surface area (Å²) in [5.74, 6) is 1.72. The summed E-state index contributed by atoms with van der Waals surface area (Å²) in [6.45, 7) is 3.18. The predicted molar refractivity (Wildman–Crippen MR) is 581 cm³/mol. The van der Waals surface area contributed by atoms with Crippen LogP contribution in [0.4, 0.5) is 0 Å². The maximum atomic E-state index is 8.41. The van der Waals surface area contributed by atoms with E-state index in [0.717, 1.165) is 128 Å². The van der Waals surface area contributed by atoms with E-state index >= 15 is 0 Å². The minimum absolute atomic E-state index is 0.0406. The van der Waals surface area contributed by atoms with Crippen molar-refractivity contribution in [2.45, 2.75) is 240 Å². The molecule has 0 unspecified atom stereocenters. The summed E-state index contributed by atoms with van der Waals surface area (Å²) >= 11 is 0. The molecule has 0 saturated heterocycles. The molecule has 3 saturated carbocycles. The average molecular weight is 1880 g/mol. The zero-order valence-corrected chi connectivity index (χ0v) is 83.4. The second-order valence-electron chi connectivity index (χ2n) is 40.7. The zero-order valence-electron chi connectivity index (χ0n) is 102. The van der Waals surface area contributed by atoms with Crippen molar-refractivity contribution in [3.05, 3.63) is 335 Å². The fourth-order valence-corrected chi connectivity index (χ4v) is 21.6. The molecule has 12 nitrogen and oxygen atoms in total. The van der Waals surface area contributed by atoms with E-state index < -0.39 is 63.3 Å². The van der Waals surface area contributed by atoms with Crippen LogP contribution in [-0.2, 0) is 44.4 Å². The highest BCUT2D eigenvalue weighted by atomic mass is 16.4. The number of nitrogens with zero attached hydrogens (tertiary/aromatic N) is 8. The number of furan rings is 4. The first kappa shape index (κ1) is 74.2. The monoisotopic (exact) mass is 1880 g/mol. The normalized spacial score (nSPS) is 16.7. The topological polar surface area (TPSA) is 120 Å². The molecule has 0 N–H and O–H groups in total. The van der Waals surface area contributed by atoms with Gasteiger partial charge < -0.3 is 17.7 Å². The lowest BCUT2D eigenvalue weighted by Gasteiger charge is -2.16. The van der Waals surface area contributed by atoms with Gasteiger partial charge in [-0.1, -0.05) is 274 Å². The van der Waals surface area contributed by atoms with Gasteiger partial charge in [0.05, 0.1) is 33.4 Å². The van der Waals surface area contributed by atoms with Crippen molar-refractivity contribution < 1.29 is 62.0 Å². The van der Waals surface area contributed by atoms with Crippen LogP contribution in [0.5, 0.6) is 0 Å². The molecular weight excluding hydrogens is 1730 g/mol. The van der Waals surface area contributed by atoms with Gasteiger partial charge in [0.25, 0.3) is 0 Å². The van der Waals surface area contributed by atoms with E-state index in [4.69, 9.17) is 48.7 Å². The van der Waals surface area contributed by atoms with E-state index in [1.165, 1.54) is 155 Å². The van der Waals surface area contributed by atoms with Gasteiger partial charge in [0.15, 0.2) is 47.1 Å². The summed E-state index contributed by atoms with van der Waals surface area (Å²) in [6, 6.07) is 82.6. The largest absolute Gasteiger partial charge is 0.437 e. The molecule has 712 valence electrons. The molecule has 141 heavy (non-hydrogen) atoms. The van der Waals surface area contributed by atoms with Crippen LogP contribution in [0, 0.1) is 27.7 Å². The molecule has 0 bridgehead atoms. The molecule has 12 aromatic heterocycles. The van der Waals surface area contributed by atoms with E-state index in [0.29, 0.717) is 68.0 Å². The third-order valence-electron chi connectivity index (χ3n) is 29.6. The Bertz CT molecular complexity index is 8940. The van der Waals surface area contributed by atoms with Gasteiger partial charge in [-0.3, -0.25) is 0 Å². The van der Waals surface area contributed by atoms with Crippen LogP contribution < -0.4 is 18.3 Å². The number of benzene rings is 8. The van der Waals surface area contributed by atoms with Crippen LogP contribution in [0.2, 0.25) is 0 Å². The first-order valence-corrected chi connectivity index (χ1v) is 49.8. The van der Waals surface area contributed by atoms with Crippen LogP contribution in [0.15, 0.2) is 285 Å². The maximum Gasteiger partial charge on any atom is 0.227 e. The standard InChI is InChI=1S/2C33H35N2O.C32H33N2O.C31H33N2O/c1-21-10-16-26-27-17-19-29(33(2,3)4)34-32(27)36-31(26)30(21)28-18-15-25(20-35(28)5)24-13-11-23(12-14-24)22-8-6-7-9-22;1-21-10-15-26-27-16-17-29(33(2,3)4)34-32(27)36-31(26)30(21)28-20-25(18-19-35(28)5)24-13-11-23(12-14-24)22-8-6-7-9-22;1-20(2)28-18-17-27-26-16-11-21(3)29(31(26)35-32(27)33-28)30-25(10-7-19-34(30)4)24-14-12-23(13-15-24)22-8-5-6-9-22;1-19(2)21-11-13-22(14-12-21)23-9-8-18-33(7)28(23)27-20(3)10-15-24-25-16-17-26(31(4,5)6)32-30(25)34-29(24)27/h2*10-20,22H,6-9H2,1-5H3;7,10-20,22H,5-6,8-9H2,1-4H3;8-19H,1-7H3/q4*+1/i2*2D3,3D3;20D;4D3,5D3. The van der Waals surface area contributed by atoms with E-state index in [9.17, 15) is 0 Å². The van der Waals surface area contributed by atoms with Crippen molar-refractivity contribution in [1.82, 2.24) is 19.9 Å². The molecule has 3 aliphatic rings. The second-order valence-corrected chi connectivity index (χ2v) is 40.7. The van der Waals surface area contributed by atoms with Crippen molar-refractivity contribution in [1.29, 1.82) is 0 Å². The Labute approximate surface area is 858 Å². The Morgan fingerprint density at radius 3 is 1.03 bits per heavy atom. The fourth-order valence-electron chi connectivity index (χ4n) is 21.6. The summed E-state index contributed by atoms with van der Waals surface area (Å²) in [7, 11) is 8.11. The average Bonchev–Trinajstić information content (AvgIpc) is 1.51. The quantitative estimate of drug-likeness (QED) is 0.105. The van der Waals surface area contributed by atoms with Gasteiger partial charge in [-0.05, 0) is 235 Å². The zero-order chi connectivity index (χ0) is 114. The lowest BCUT2D eigenvalue weighted by molar-refractivity contribution is -0.660. The van der Waals surface area contributed by atoms with Crippen molar-refractivity contribution >= 4 is 88.3 Å². The van der Waals surface area contributed by atoms with Gasteiger partial charge in [0, 0.05) is 144 Å². The second kappa shape index (κ2) is 38.3. The molecule has 8 aromatic carbocycles. The Hall–Kier alpha value is -13.8. The van der Waals surface area contributed by atoms with Crippen LogP contribution in [0.25, 0.3) is 178 Å². The Balaban J connectivity index is 0.000000127. The predicted octanol–water partition coefficient (Wildman–Crippen LogP) is 32.9. The van der Waals surface area contributed by atoms with E-state index in [-0.39, 0.29) is 34.2 Å². The molecule has 3 fully saturated rings. The van der Waals surface area contributed by atoms with Crippen molar-refractivity contribution in [3.8, 4) is 89.5 Å². The number of rotatable bonds is 13. The fraction of sp³-hybridized carbons (Fsp3) is 0.318. The number of aryl methyl sites for hydroxylation is 8. The van der Waals surface area contributed by atoms with Crippen molar-refractivity contribution in [3.63, 3.8) is 0 Å². The molecule has 0 spiro atoms. The molecular formula is C129H136N8O4+4. The summed E-state index contributed by atoms with van der Waals surface area (Å²) < 4.78 is 187. The Morgan fingerprint density at radius 2 is 0.652 bits per heavy atom. The Morgan fingerprint density at radius 1 is 0.319 bits per heavy atom. The SMILES string of the molecule is [2H]C(C)(C)c1ccc2c(n1)oc1c(-c3c(-c4ccc(C5CCCC5)cc4)ccc[n+]3C)c(C)ccc12.[2H]C([2H])([2H])C(C)(c1ccc2c(n1)oc1c(-c3c(-c4ccc(C(C)C)cc4)ccc[n+]3C)c(C)ccc12)C([2H])([2H])[2H].[2H]C([2H])([2H])C(C)(c1ccc2c(n1)oc1c(-c3cc(-c4ccc(C5CCCC5)cc4)cc[n+]3C)c(C)ccc12)C([2H])([2H])[2H].[2H]C([2H])([2H])C(C)(c1ccc2c(n1)oc1c(-c3ccc(-c4ccc(C5CCCC5)cc4)c[n+]3C)c(C)ccc12)C([2H])([2H])[2H]. The van der Waals surface area contributed by atoms with Crippen LogP contribution in [0.3, 0.4) is 0 Å². The number of hydrogen-bond acceptors (Lipinski definition) is 8. The van der Waals surface area contributed by atoms with Gasteiger partial charge in [-0.25, -0.2) is 38.2 Å². The van der Waals surface area contributed by atoms with Gasteiger partial charge in [0.2, 0.25) is 45.6 Å². The first-order valence-electron chi connectivity index (χ1n) is 59.3. The molecule has 20 aromatic rings. The third-order valence-corrected chi connectivity index (χ3v) is 29.6. The summed E-state index contributed by atoms with van der Waals surface area (Å²) in [5.41, 5.74) is 24.7. The molecule has 0 amide bonds. The number of hydrogen-bond donors (Lipinski definition) is 0. The minimum Gasteiger partial charge on any atom is -0.437 e. The third kappa shape index (κ3) is 18.6. The van der Waals surface area contributed by atoms with Crippen LogP contribution in [-0.4, -0.2) is 19.9 Å². The molecule has 0 aliphatic heterocycles. The molecule has 23 rings (SSSR count). The maximum absolute atomic E-state index is 8.41. The van der Waals surface area contributed by atoms with Crippen molar-refractivity contribution in [2.24, 2.45) is 28.2 Å². The Kier molecular flexibility index (Phi) is 20.2. The molecule has 12 heteroatoms. The van der Waals surface area contributed by atoms with Crippen LogP contribution >= 0.6 is 0 Å². The minimum atomic E-state index is -2.80. The van der Waals surface area contributed by atoms with Gasteiger partial charge >= 0.3 is 0 Å². The molecule has 0 atom stereocenters. The summed E-state index contributed by atoms with van der Waals surface area (Å²) in [5, 5.41) is 6.63. The summed E-state index contributed by atoms with van der Waals surface area (Å²) in [4.78, 5) is 18.3. The van der Waals surface area contributed by atoms with E-state index in [1.807, 2.05) is 123 Å². The highest BCUT2D eigenvalue weighted by molar-refractivity contribution is 6.13. The highest BCUT2D eigenvalue weighted by Crippen LogP contribution is 2.48. The molecule has 3 aliphatic carbocycles. The first-order chi connectivity index (χ1) is 75.5. The van der Waals surface area contributed by atoms with Crippen LogP contribution in [0.1, 0.15) is 290 Å². The van der Waals surface area contributed by atoms with E-state index in [1.54, 1.807) is 18.2 Å². The van der Waals surface area contributed by atoms with Gasteiger partial charge in [-0.15, -0.1) is 0 Å². The molecule has 0 radical (unpaired) electrons. The van der Waals surface area contributed by atoms with E-state index in [2.05, 4.69) is 225 Å². The summed E-state index contributed by atoms with van der Waals surface area (Å²) in [6.07, 6.45) is 24.0. The van der Waals surface area contributed by atoms with Gasteiger partial charge in [-0.2, -0.15) is 0 Å². The number of aromatic nitrogens is 8. The lowest BCUT2D eigenvalue weighted by atomic mass is 9.91. The number of fused-ring (bicyclic) bond motifs is 12. The smallest absolute Gasteiger partial charge is 0.227 e. The van der Waals surface area contributed by atoms with Crippen molar-refractivity contribution in [2.75, 3.05) is 0 Å². The number of pyridine rings is 8. The van der Waals surface area contributed by atoms with Gasteiger partial charge in [0.1, 0.15) is 28.2 Å². The lowest BCUT2D eigenvalue weighted by Crippen LogP contribution is -2.31.